The van der Waals surface area contributed by atoms with Gasteiger partial charge in [-0.1, -0.05) is 15.9 Å². The quantitative estimate of drug-likeness (QED) is 0.474. The van der Waals surface area contributed by atoms with Crippen LogP contribution in [0, 0.1) is 10.1 Å². The van der Waals surface area contributed by atoms with E-state index in [1.807, 2.05) is 6.07 Å². The van der Waals surface area contributed by atoms with Gasteiger partial charge in [0.1, 0.15) is 4.62 Å². The van der Waals surface area contributed by atoms with Gasteiger partial charge in [0.2, 0.25) is 0 Å². The zero-order valence-corrected chi connectivity index (χ0v) is 10.7. The van der Waals surface area contributed by atoms with Crippen molar-refractivity contribution in [3.05, 3.63) is 38.9 Å². The highest BCUT2D eigenvalue weighted by atomic mass is 79.9. The molecule has 4 nitrogen and oxygen atoms in total. The summed E-state index contributed by atoms with van der Waals surface area (Å²) in [4.78, 5) is 14.6. The number of nitrogens with zero attached hydrogens (tertiary/aromatic N) is 2. The number of benzene rings is 1. The maximum atomic E-state index is 10.8. The maximum absolute atomic E-state index is 10.8. The summed E-state index contributed by atoms with van der Waals surface area (Å²) in [5.74, 6) is 0. The van der Waals surface area contributed by atoms with E-state index in [0.29, 0.717) is 17.4 Å². The third kappa shape index (κ3) is 1.83. The van der Waals surface area contributed by atoms with Gasteiger partial charge < -0.3 is 0 Å². The molecule has 0 fully saturated rings. The van der Waals surface area contributed by atoms with Gasteiger partial charge in [-0.25, -0.2) is 0 Å². The van der Waals surface area contributed by atoms with Crippen LogP contribution in [0.5, 0.6) is 0 Å². The first kappa shape index (κ1) is 10.8. The lowest BCUT2D eigenvalue weighted by Crippen LogP contribution is -1.98. The normalized spacial score (nSPS) is 13.6. The number of hydrogen-bond acceptors (Lipinski definition) is 3. The van der Waals surface area contributed by atoms with Crippen LogP contribution in [-0.2, 0) is 11.9 Å². The zero-order valence-electron chi connectivity index (χ0n) is 7.54. The Morgan fingerprint density at radius 3 is 2.87 bits per heavy atom. The number of nitro groups is 1. The van der Waals surface area contributed by atoms with Crippen molar-refractivity contribution >= 4 is 42.2 Å². The van der Waals surface area contributed by atoms with Crippen LogP contribution in [0.4, 0.5) is 5.69 Å². The average Bonchev–Trinajstić information content (AvgIpc) is 2.58. The van der Waals surface area contributed by atoms with Crippen LogP contribution in [0.2, 0.25) is 0 Å². The molecule has 1 aliphatic heterocycles. The number of hydrogen-bond donors (Lipinski definition) is 0. The van der Waals surface area contributed by atoms with Gasteiger partial charge in [-0.15, -0.1) is 0 Å². The molecule has 1 aliphatic rings. The first-order valence-corrected chi connectivity index (χ1v) is 6.11. The fourth-order valence-electron chi connectivity index (χ4n) is 1.52. The molecule has 15 heavy (non-hydrogen) atoms. The molecule has 78 valence electrons. The molecule has 0 aliphatic carbocycles. The summed E-state index contributed by atoms with van der Waals surface area (Å²) in [6.45, 7) is 0.513. The maximum Gasteiger partial charge on any atom is 0.273 e. The van der Waals surface area contributed by atoms with Crippen LogP contribution >= 0.6 is 31.9 Å². The Balaban J connectivity index is 2.59. The fourth-order valence-corrected chi connectivity index (χ4v) is 2.46. The smallest absolute Gasteiger partial charge is 0.272 e. The predicted molar refractivity (Wildman–Crippen MR) is 64.9 cm³/mol. The predicted octanol–water partition coefficient (Wildman–Crippen LogP) is 3.14. The van der Waals surface area contributed by atoms with E-state index in [1.165, 1.54) is 0 Å². The Labute approximate surface area is 103 Å². The van der Waals surface area contributed by atoms with Gasteiger partial charge in [-0.2, -0.15) is 0 Å². The Kier molecular flexibility index (Phi) is 2.88. The number of aliphatic imine (C=N–C) groups is 1. The molecule has 1 aromatic carbocycles. The lowest BCUT2D eigenvalue weighted by Gasteiger charge is -2.03. The van der Waals surface area contributed by atoms with Gasteiger partial charge in [0.15, 0.2) is 0 Å². The molecule has 0 radical (unpaired) electrons. The van der Waals surface area contributed by atoms with Crippen LogP contribution in [0.15, 0.2) is 17.1 Å². The third-order valence-corrected chi connectivity index (χ3v) is 3.54. The molecule has 0 bridgehead atoms. The van der Waals surface area contributed by atoms with Crippen LogP contribution in [0.3, 0.4) is 0 Å². The minimum absolute atomic E-state index is 0.156. The van der Waals surface area contributed by atoms with Gasteiger partial charge in [0.25, 0.3) is 5.69 Å². The highest BCUT2D eigenvalue weighted by Gasteiger charge is 2.21. The SMILES string of the molecule is O=[N+]([O-])c1cc2c(cc1CBr)C(Br)=NC2. The Morgan fingerprint density at radius 2 is 2.27 bits per heavy atom. The number of nitro benzene ring substituents is 1. The van der Waals surface area contributed by atoms with Crippen LogP contribution in [-0.4, -0.2) is 9.54 Å². The molecule has 2 rings (SSSR count). The molecule has 0 saturated heterocycles. The number of rotatable bonds is 2. The summed E-state index contributed by atoms with van der Waals surface area (Å²) in [6, 6.07) is 3.41. The standard InChI is InChI=1S/C9H6Br2N2O2/c10-3-5-1-7-6(4-12-9(7)11)2-8(5)13(14)15/h1-2H,3-4H2. The summed E-state index contributed by atoms with van der Waals surface area (Å²) in [6.07, 6.45) is 0. The second-order valence-corrected chi connectivity index (χ2v) is 4.45. The van der Waals surface area contributed by atoms with E-state index in [1.54, 1.807) is 6.07 Å². The highest BCUT2D eigenvalue weighted by molar-refractivity contribution is 9.18. The summed E-state index contributed by atoms with van der Waals surface area (Å²) in [5.41, 5.74) is 2.68. The van der Waals surface area contributed by atoms with Gasteiger partial charge in [-0.3, -0.25) is 15.1 Å². The topological polar surface area (TPSA) is 55.5 Å². The summed E-state index contributed by atoms with van der Waals surface area (Å²) >= 11 is 6.57. The molecule has 0 amide bonds. The van der Waals surface area contributed by atoms with Crippen molar-refractivity contribution in [3.63, 3.8) is 0 Å². The van der Waals surface area contributed by atoms with Gasteiger partial charge in [0.05, 0.1) is 11.5 Å². The Morgan fingerprint density at radius 1 is 1.53 bits per heavy atom. The molecule has 0 aromatic heterocycles. The lowest BCUT2D eigenvalue weighted by molar-refractivity contribution is -0.385. The van der Waals surface area contributed by atoms with E-state index >= 15 is 0 Å². The first-order chi connectivity index (χ1) is 7.13. The first-order valence-electron chi connectivity index (χ1n) is 4.20. The van der Waals surface area contributed by atoms with Gasteiger partial charge >= 0.3 is 0 Å². The van der Waals surface area contributed by atoms with Crippen LogP contribution in [0.1, 0.15) is 16.7 Å². The molecular formula is C9H6Br2N2O2. The van der Waals surface area contributed by atoms with Crippen molar-refractivity contribution in [2.45, 2.75) is 11.9 Å². The lowest BCUT2D eigenvalue weighted by atomic mass is 10.1. The third-order valence-electron chi connectivity index (χ3n) is 2.26. The molecule has 0 saturated carbocycles. The minimum atomic E-state index is -0.358. The van der Waals surface area contributed by atoms with E-state index in [0.717, 1.165) is 15.7 Å². The molecule has 1 aromatic rings. The van der Waals surface area contributed by atoms with E-state index < -0.39 is 0 Å². The van der Waals surface area contributed by atoms with Crippen molar-refractivity contribution in [3.8, 4) is 0 Å². The molecule has 0 unspecified atom stereocenters. The van der Waals surface area contributed by atoms with E-state index in [2.05, 4.69) is 36.9 Å². The minimum Gasteiger partial charge on any atom is -0.272 e. The summed E-state index contributed by atoms with van der Waals surface area (Å²) in [5, 5.41) is 11.3. The van der Waals surface area contributed by atoms with Crippen molar-refractivity contribution in [1.29, 1.82) is 0 Å². The second kappa shape index (κ2) is 4.02. The molecule has 0 atom stereocenters. The van der Waals surface area contributed by atoms with Crippen LogP contribution < -0.4 is 0 Å². The van der Waals surface area contributed by atoms with E-state index in [9.17, 15) is 10.1 Å². The van der Waals surface area contributed by atoms with Crippen LogP contribution in [0.25, 0.3) is 0 Å². The van der Waals surface area contributed by atoms with E-state index in [-0.39, 0.29) is 10.6 Å². The van der Waals surface area contributed by atoms with Crippen molar-refractivity contribution in [1.82, 2.24) is 0 Å². The zero-order chi connectivity index (χ0) is 11.0. The average molecular weight is 334 g/mol. The van der Waals surface area contributed by atoms with Crippen molar-refractivity contribution < 1.29 is 4.92 Å². The number of alkyl halides is 1. The molecular weight excluding hydrogens is 328 g/mol. The van der Waals surface area contributed by atoms with E-state index in [4.69, 9.17) is 0 Å². The molecule has 1 heterocycles. The molecule has 0 N–H and O–H groups in total. The Hall–Kier alpha value is -0.750. The summed E-state index contributed by atoms with van der Waals surface area (Å²) in [7, 11) is 0. The second-order valence-electron chi connectivity index (χ2n) is 3.14. The Bertz CT molecular complexity index is 471. The van der Waals surface area contributed by atoms with Gasteiger partial charge in [-0.05, 0) is 27.6 Å². The number of fused-ring (bicyclic) bond motifs is 1. The number of halogens is 2. The molecule has 0 spiro atoms. The summed E-state index contributed by atoms with van der Waals surface area (Å²) < 4.78 is 0.773. The van der Waals surface area contributed by atoms with Crippen molar-refractivity contribution in [2.75, 3.05) is 0 Å². The van der Waals surface area contributed by atoms with Gasteiger partial charge in [0, 0.05) is 22.5 Å². The molecule has 6 heteroatoms. The highest BCUT2D eigenvalue weighted by Crippen LogP contribution is 2.30. The monoisotopic (exact) mass is 332 g/mol. The fraction of sp³-hybridized carbons (Fsp3) is 0.222. The van der Waals surface area contributed by atoms with Crippen molar-refractivity contribution in [2.24, 2.45) is 4.99 Å². The largest absolute Gasteiger partial charge is 0.273 e.